The first kappa shape index (κ1) is 17.8. The van der Waals surface area contributed by atoms with E-state index >= 15 is 0 Å². The third kappa shape index (κ3) is 4.45. The topological polar surface area (TPSA) is 52.7 Å². The van der Waals surface area contributed by atoms with Crippen LogP contribution in [0.5, 0.6) is 0 Å². The summed E-state index contributed by atoms with van der Waals surface area (Å²) in [4.78, 5) is 28.6. The fourth-order valence-corrected chi connectivity index (χ4v) is 2.93. The highest BCUT2D eigenvalue weighted by Crippen LogP contribution is 2.26. The zero-order valence-corrected chi connectivity index (χ0v) is 14.5. The Morgan fingerprint density at radius 1 is 1.30 bits per heavy atom. The largest absolute Gasteiger partial charge is 0.354 e. The zero-order chi connectivity index (χ0) is 16.8. The monoisotopic (exact) mass is 337 g/mol. The molecule has 0 saturated carbocycles. The summed E-state index contributed by atoms with van der Waals surface area (Å²) in [5, 5.41) is 3.52. The van der Waals surface area contributed by atoms with Gasteiger partial charge < -0.3 is 15.1 Å². The van der Waals surface area contributed by atoms with Gasteiger partial charge in [0, 0.05) is 30.3 Å². The van der Waals surface area contributed by atoms with Crippen LogP contribution in [0.25, 0.3) is 0 Å². The van der Waals surface area contributed by atoms with Crippen molar-refractivity contribution in [2.45, 2.75) is 20.3 Å². The van der Waals surface area contributed by atoms with Gasteiger partial charge in [0.05, 0.1) is 0 Å². The van der Waals surface area contributed by atoms with Crippen LogP contribution in [0.3, 0.4) is 0 Å². The quantitative estimate of drug-likeness (QED) is 0.776. The van der Waals surface area contributed by atoms with Crippen LogP contribution in [0, 0.1) is 5.92 Å². The lowest BCUT2D eigenvalue weighted by Gasteiger charge is -2.19. The molecule has 1 N–H and O–H groups in total. The fraction of sp³-hybridized carbons (Fsp3) is 0.529. The van der Waals surface area contributed by atoms with Crippen molar-refractivity contribution in [3.05, 3.63) is 29.3 Å². The molecule has 1 aromatic rings. The zero-order valence-electron chi connectivity index (χ0n) is 13.7. The van der Waals surface area contributed by atoms with Crippen LogP contribution in [0.1, 0.15) is 20.3 Å². The van der Waals surface area contributed by atoms with Gasteiger partial charge in [-0.15, -0.1) is 0 Å². The normalized spacial score (nSPS) is 17.8. The summed E-state index contributed by atoms with van der Waals surface area (Å²) in [5.41, 5.74) is 0.790. The minimum Gasteiger partial charge on any atom is -0.354 e. The summed E-state index contributed by atoms with van der Waals surface area (Å²) in [6.07, 6.45) is 0.554. The van der Waals surface area contributed by atoms with Crippen molar-refractivity contribution in [3.63, 3.8) is 0 Å². The molecule has 1 saturated heterocycles. The lowest BCUT2D eigenvalue weighted by Crippen LogP contribution is -2.40. The van der Waals surface area contributed by atoms with Gasteiger partial charge in [0.15, 0.2) is 0 Å². The van der Waals surface area contributed by atoms with E-state index in [4.69, 9.17) is 11.6 Å². The Kier molecular flexibility index (Phi) is 6.42. The summed E-state index contributed by atoms with van der Waals surface area (Å²) >= 11 is 5.87. The molecule has 0 unspecified atom stereocenters. The molecule has 0 spiro atoms. The summed E-state index contributed by atoms with van der Waals surface area (Å²) in [6, 6.07) is 7.12. The maximum absolute atomic E-state index is 12.5. The van der Waals surface area contributed by atoms with Crippen molar-refractivity contribution in [2.75, 3.05) is 37.6 Å². The van der Waals surface area contributed by atoms with E-state index in [1.807, 2.05) is 0 Å². The molecule has 2 rings (SSSR count). The van der Waals surface area contributed by atoms with E-state index in [9.17, 15) is 9.59 Å². The third-order valence-electron chi connectivity index (χ3n) is 4.28. The van der Waals surface area contributed by atoms with E-state index in [0.717, 1.165) is 25.3 Å². The maximum Gasteiger partial charge on any atom is 0.239 e. The van der Waals surface area contributed by atoms with Crippen LogP contribution in [-0.4, -0.2) is 49.4 Å². The second-order valence-corrected chi connectivity index (χ2v) is 6.06. The predicted molar refractivity (Wildman–Crippen MR) is 92.7 cm³/mol. The Labute approximate surface area is 142 Å². The Morgan fingerprint density at radius 2 is 1.96 bits per heavy atom. The predicted octanol–water partition coefficient (Wildman–Crippen LogP) is 2.15. The molecule has 2 amide bonds. The van der Waals surface area contributed by atoms with Crippen LogP contribution in [0.2, 0.25) is 5.02 Å². The van der Waals surface area contributed by atoms with Gasteiger partial charge in [-0.25, -0.2) is 0 Å². The molecular formula is C17H24ClN3O2. The van der Waals surface area contributed by atoms with Gasteiger partial charge in [-0.05, 0) is 43.8 Å². The average Bonchev–Trinajstić information content (AvgIpc) is 2.94. The first-order valence-electron chi connectivity index (χ1n) is 8.13. The lowest BCUT2D eigenvalue weighted by molar-refractivity contribution is -0.132. The number of halogens is 1. The summed E-state index contributed by atoms with van der Waals surface area (Å²) in [6.45, 7) is 8.05. The number of benzene rings is 1. The van der Waals surface area contributed by atoms with Gasteiger partial charge in [-0.3, -0.25) is 9.59 Å². The molecule has 1 fully saturated rings. The molecule has 0 radical (unpaired) electrons. The highest BCUT2D eigenvalue weighted by Gasteiger charge is 2.37. The first-order chi connectivity index (χ1) is 11.1. The number of carbonyl (C=O) groups excluding carboxylic acids is 2. The van der Waals surface area contributed by atoms with Crippen LogP contribution in [0.4, 0.5) is 5.69 Å². The third-order valence-corrected chi connectivity index (χ3v) is 4.53. The van der Waals surface area contributed by atoms with Crippen molar-refractivity contribution in [1.82, 2.24) is 10.2 Å². The number of amides is 2. The second kappa shape index (κ2) is 8.31. The molecule has 23 heavy (non-hydrogen) atoms. The molecular weight excluding hydrogens is 314 g/mol. The molecule has 126 valence electrons. The number of hydrogen-bond donors (Lipinski definition) is 1. The van der Waals surface area contributed by atoms with Crippen molar-refractivity contribution >= 4 is 29.1 Å². The van der Waals surface area contributed by atoms with Crippen molar-refractivity contribution in [3.8, 4) is 0 Å². The molecule has 1 aliphatic rings. The highest BCUT2D eigenvalue weighted by molar-refractivity contribution is 6.30. The Balaban J connectivity index is 1.88. The molecule has 0 aromatic heterocycles. The Bertz CT molecular complexity index is 543. The van der Waals surface area contributed by atoms with Gasteiger partial charge in [0.25, 0.3) is 0 Å². The number of hydrogen-bond acceptors (Lipinski definition) is 3. The summed E-state index contributed by atoms with van der Waals surface area (Å²) < 4.78 is 0. The highest BCUT2D eigenvalue weighted by atomic mass is 35.5. The van der Waals surface area contributed by atoms with Gasteiger partial charge in [-0.1, -0.05) is 25.4 Å². The maximum atomic E-state index is 12.5. The summed E-state index contributed by atoms with van der Waals surface area (Å²) in [5.74, 6) is -0.881. The van der Waals surface area contributed by atoms with Gasteiger partial charge in [0.1, 0.15) is 5.92 Å². The Hall–Kier alpha value is -1.59. The SMILES string of the molecule is CCN(CC)CCNC(=O)[C@@H]1CCN(c2ccc(Cl)cc2)C1=O. The van der Waals surface area contributed by atoms with Gasteiger partial charge >= 0.3 is 0 Å². The van der Waals surface area contributed by atoms with Crippen molar-refractivity contribution in [2.24, 2.45) is 5.92 Å². The van der Waals surface area contributed by atoms with E-state index in [1.165, 1.54) is 0 Å². The summed E-state index contributed by atoms with van der Waals surface area (Å²) in [7, 11) is 0. The van der Waals surface area contributed by atoms with E-state index < -0.39 is 5.92 Å². The number of rotatable bonds is 7. The first-order valence-corrected chi connectivity index (χ1v) is 8.51. The number of carbonyl (C=O) groups is 2. The second-order valence-electron chi connectivity index (χ2n) is 5.63. The molecule has 1 atom stereocenters. The lowest BCUT2D eigenvalue weighted by atomic mass is 10.1. The van der Waals surface area contributed by atoms with Crippen LogP contribution < -0.4 is 10.2 Å². The average molecular weight is 338 g/mol. The number of likely N-dealkylation sites (N-methyl/N-ethyl adjacent to an activating group) is 1. The molecule has 1 aromatic carbocycles. The van der Waals surface area contributed by atoms with E-state index in [0.29, 0.717) is 24.5 Å². The van der Waals surface area contributed by atoms with E-state index in [-0.39, 0.29) is 11.8 Å². The van der Waals surface area contributed by atoms with E-state index in [1.54, 1.807) is 29.2 Å². The molecule has 1 heterocycles. The Morgan fingerprint density at radius 3 is 2.57 bits per heavy atom. The molecule has 0 aliphatic carbocycles. The minimum absolute atomic E-state index is 0.132. The van der Waals surface area contributed by atoms with Crippen molar-refractivity contribution < 1.29 is 9.59 Å². The molecule has 0 bridgehead atoms. The van der Waals surface area contributed by atoms with Gasteiger partial charge in [-0.2, -0.15) is 0 Å². The minimum atomic E-state index is -0.581. The van der Waals surface area contributed by atoms with E-state index in [2.05, 4.69) is 24.1 Å². The number of nitrogens with zero attached hydrogens (tertiary/aromatic N) is 2. The molecule has 1 aliphatic heterocycles. The van der Waals surface area contributed by atoms with Crippen LogP contribution >= 0.6 is 11.6 Å². The van der Waals surface area contributed by atoms with Crippen LogP contribution in [-0.2, 0) is 9.59 Å². The smallest absolute Gasteiger partial charge is 0.239 e. The van der Waals surface area contributed by atoms with Crippen LogP contribution in [0.15, 0.2) is 24.3 Å². The standard InChI is InChI=1S/C17H24ClN3O2/c1-3-20(4-2)12-10-19-16(22)15-9-11-21(17(15)23)14-7-5-13(18)6-8-14/h5-8,15H,3-4,9-12H2,1-2H3,(H,19,22)/t15-/m0/s1. The number of anilines is 1. The molecule has 6 heteroatoms. The number of nitrogens with one attached hydrogen (secondary N) is 1. The fourth-order valence-electron chi connectivity index (χ4n) is 2.80. The van der Waals surface area contributed by atoms with Gasteiger partial charge in [0.2, 0.25) is 11.8 Å². The van der Waals surface area contributed by atoms with Crippen molar-refractivity contribution in [1.29, 1.82) is 0 Å². The molecule has 5 nitrogen and oxygen atoms in total.